The number of urea groups is 1. The third-order valence-corrected chi connectivity index (χ3v) is 3.13. The van der Waals surface area contributed by atoms with Gasteiger partial charge in [0.15, 0.2) is 0 Å². The number of amides is 4. The summed E-state index contributed by atoms with van der Waals surface area (Å²) in [5.74, 6) is -2.37. The van der Waals surface area contributed by atoms with E-state index in [0.29, 0.717) is 0 Å². The van der Waals surface area contributed by atoms with Crippen molar-refractivity contribution in [2.24, 2.45) is 11.8 Å². The molecular formula is C14H13N3O3. The van der Waals surface area contributed by atoms with Gasteiger partial charge in [0.1, 0.15) is 12.0 Å². The molecule has 0 aromatic heterocycles. The Labute approximate surface area is 116 Å². The van der Waals surface area contributed by atoms with Gasteiger partial charge >= 0.3 is 6.03 Å². The Kier molecular flexibility index (Phi) is 3.53. The summed E-state index contributed by atoms with van der Waals surface area (Å²) in [4.78, 5) is 36.9. The summed E-state index contributed by atoms with van der Waals surface area (Å²) in [6.45, 7) is 3.46. The van der Waals surface area contributed by atoms with Gasteiger partial charge in [-0.05, 0) is 18.1 Å². The molecule has 0 radical (unpaired) electrons. The molecule has 1 atom stereocenters. The zero-order valence-corrected chi connectivity index (χ0v) is 11.1. The summed E-state index contributed by atoms with van der Waals surface area (Å²) in [6.07, 6.45) is 0. The van der Waals surface area contributed by atoms with E-state index in [9.17, 15) is 14.4 Å². The Morgan fingerprint density at radius 3 is 2.50 bits per heavy atom. The summed E-state index contributed by atoms with van der Waals surface area (Å²) in [6, 6.07) is 7.39. The smallest absolute Gasteiger partial charge is 0.277 e. The topological polar surface area (TPSA) is 90.3 Å². The molecule has 102 valence electrons. The van der Waals surface area contributed by atoms with Crippen molar-refractivity contribution in [1.82, 2.24) is 5.32 Å². The summed E-state index contributed by atoms with van der Waals surface area (Å²) in [5, 5.41) is 11.2. The van der Waals surface area contributed by atoms with Crippen LogP contribution in [-0.4, -0.2) is 17.8 Å². The predicted molar refractivity (Wildman–Crippen MR) is 70.5 cm³/mol. The van der Waals surface area contributed by atoms with E-state index in [1.54, 1.807) is 26.0 Å². The van der Waals surface area contributed by atoms with Crippen molar-refractivity contribution in [3.63, 3.8) is 0 Å². The molecule has 1 heterocycles. The van der Waals surface area contributed by atoms with Gasteiger partial charge in [0.05, 0.1) is 11.3 Å². The summed E-state index contributed by atoms with van der Waals surface area (Å²) in [7, 11) is 0. The monoisotopic (exact) mass is 271 g/mol. The number of hydrogen-bond donors (Lipinski definition) is 1. The molecule has 1 aliphatic heterocycles. The molecule has 0 spiro atoms. The van der Waals surface area contributed by atoms with Crippen LogP contribution in [0.25, 0.3) is 0 Å². The lowest BCUT2D eigenvalue weighted by Crippen LogP contribution is -2.59. The van der Waals surface area contributed by atoms with Crippen molar-refractivity contribution in [2.45, 2.75) is 13.8 Å². The molecule has 0 bridgehead atoms. The number of nitrogens with zero attached hydrogens (tertiary/aromatic N) is 2. The highest BCUT2D eigenvalue weighted by atomic mass is 16.2. The molecule has 1 unspecified atom stereocenters. The average molecular weight is 271 g/mol. The van der Waals surface area contributed by atoms with Gasteiger partial charge in [-0.25, -0.2) is 9.69 Å². The molecule has 6 heteroatoms. The van der Waals surface area contributed by atoms with Crippen molar-refractivity contribution < 1.29 is 14.4 Å². The molecule has 20 heavy (non-hydrogen) atoms. The molecule has 1 N–H and O–H groups in total. The Balaban J connectivity index is 2.50. The molecule has 1 saturated heterocycles. The number of anilines is 1. The Bertz CT molecular complexity index is 631. The van der Waals surface area contributed by atoms with Crippen LogP contribution < -0.4 is 10.2 Å². The average Bonchev–Trinajstić information content (AvgIpc) is 2.38. The van der Waals surface area contributed by atoms with E-state index in [1.165, 1.54) is 12.1 Å². The number of carbonyl (C=O) groups excluding carboxylic acids is 3. The third kappa shape index (κ3) is 2.14. The number of hydrogen-bond acceptors (Lipinski definition) is 4. The Hall–Kier alpha value is -2.68. The van der Waals surface area contributed by atoms with E-state index in [4.69, 9.17) is 5.26 Å². The fourth-order valence-corrected chi connectivity index (χ4v) is 2.17. The van der Waals surface area contributed by atoms with Gasteiger partial charge in [-0.1, -0.05) is 26.0 Å². The molecule has 2 rings (SSSR count). The van der Waals surface area contributed by atoms with Gasteiger partial charge in [0.2, 0.25) is 11.8 Å². The summed E-state index contributed by atoms with van der Waals surface area (Å²) >= 11 is 0. The maximum atomic E-state index is 12.4. The highest BCUT2D eigenvalue weighted by molar-refractivity contribution is 6.28. The van der Waals surface area contributed by atoms with Crippen molar-refractivity contribution in [2.75, 3.05) is 4.90 Å². The van der Waals surface area contributed by atoms with Crippen LogP contribution in [0.5, 0.6) is 0 Å². The van der Waals surface area contributed by atoms with Crippen LogP contribution in [0.3, 0.4) is 0 Å². The minimum absolute atomic E-state index is 0.190. The number of barbiturate groups is 1. The van der Waals surface area contributed by atoms with Crippen molar-refractivity contribution >= 4 is 23.5 Å². The zero-order chi connectivity index (χ0) is 14.9. The van der Waals surface area contributed by atoms with Gasteiger partial charge < -0.3 is 0 Å². The van der Waals surface area contributed by atoms with Gasteiger partial charge in [0.25, 0.3) is 0 Å². The van der Waals surface area contributed by atoms with Crippen LogP contribution in [0.4, 0.5) is 10.5 Å². The maximum Gasteiger partial charge on any atom is 0.335 e. The van der Waals surface area contributed by atoms with Crippen LogP contribution in [0, 0.1) is 23.2 Å². The molecule has 1 fully saturated rings. The fraction of sp³-hybridized carbons (Fsp3) is 0.286. The standard InChI is InChI=1S/C14H13N3O3/c1-8(2)11-12(18)16-14(20)17(13(11)19)10-6-4-3-5-9(10)7-15/h3-6,8,11H,1-2H3,(H,16,18,20). The second-order valence-corrected chi connectivity index (χ2v) is 4.82. The van der Waals surface area contributed by atoms with Crippen molar-refractivity contribution in [3.05, 3.63) is 29.8 Å². The van der Waals surface area contributed by atoms with Crippen LogP contribution in [0.15, 0.2) is 24.3 Å². The van der Waals surface area contributed by atoms with E-state index in [0.717, 1.165) is 4.90 Å². The molecule has 0 saturated carbocycles. The fourth-order valence-electron chi connectivity index (χ4n) is 2.17. The largest absolute Gasteiger partial charge is 0.335 e. The van der Waals surface area contributed by atoms with Crippen LogP contribution >= 0.6 is 0 Å². The van der Waals surface area contributed by atoms with Gasteiger partial charge in [0, 0.05) is 0 Å². The SMILES string of the molecule is CC(C)C1C(=O)NC(=O)N(c2ccccc2C#N)C1=O. The number of para-hydroxylation sites is 1. The second kappa shape index (κ2) is 5.13. The zero-order valence-electron chi connectivity index (χ0n) is 11.1. The van der Waals surface area contributed by atoms with Crippen LogP contribution in [0.1, 0.15) is 19.4 Å². The lowest BCUT2D eigenvalue weighted by molar-refractivity contribution is -0.136. The molecule has 1 aliphatic rings. The van der Waals surface area contributed by atoms with Crippen LogP contribution in [0.2, 0.25) is 0 Å². The van der Waals surface area contributed by atoms with Gasteiger partial charge in [-0.15, -0.1) is 0 Å². The normalized spacial score (nSPS) is 19.0. The molecule has 1 aromatic rings. The minimum atomic E-state index is -0.931. The highest BCUT2D eigenvalue weighted by Crippen LogP contribution is 2.26. The van der Waals surface area contributed by atoms with E-state index < -0.39 is 23.8 Å². The number of imide groups is 2. The Morgan fingerprint density at radius 2 is 1.90 bits per heavy atom. The van der Waals surface area contributed by atoms with Crippen molar-refractivity contribution in [3.8, 4) is 6.07 Å². The van der Waals surface area contributed by atoms with Gasteiger partial charge in [-0.3, -0.25) is 14.9 Å². The predicted octanol–water partition coefficient (Wildman–Crippen LogP) is 1.41. The quantitative estimate of drug-likeness (QED) is 0.823. The molecule has 0 aliphatic carbocycles. The molecule has 6 nitrogen and oxygen atoms in total. The van der Waals surface area contributed by atoms with Crippen molar-refractivity contribution in [1.29, 1.82) is 5.26 Å². The van der Waals surface area contributed by atoms with Crippen LogP contribution in [-0.2, 0) is 9.59 Å². The minimum Gasteiger partial charge on any atom is -0.277 e. The summed E-state index contributed by atoms with van der Waals surface area (Å²) < 4.78 is 0. The van der Waals surface area contributed by atoms with Gasteiger partial charge in [-0.2, -0.15) is 5.26 Å². The summed E-state index contributed by atoms with van der Waals surface area (Å²) in [5.41, 5.74) is 0.392. The first-order valence-corrected chi connectivity index (χ1v) is 6.15. The second-order valence-electron chi connectivity index (χ2n) is 4.82. The number of rotatable bonds is 2. The van der Waals surface area contributed by atoms with E-state index in [-0.39, 0.29) is 17.2 Å². The first-order valence-electron chi connectivity index (χ1n) is 6.15. The van der Waals surface area contributed by atoms with E-state index in [2.05, 4.69) is 5.32 Å². The van der Waals surface area contributed by atoms with E-state index >= 15 is 0 Å². The molecule has 4 amide bonds. The first kappa shape index (κ1) is 13.7. The number of nitriles is 1. The number of carbonyl (C=O) groups is 3. The third-order valence-electron chi connectivity index (χ3n) is 3.13. The Morgan fingerprint density at radius 1 is 1.25 bits per heavy atom. The number of benzene rings is 1. The lowest BCUT2D eigenvalue weighted by Gasteiger charge is -2.32. The van der Waals surface area contributed by atoms with E-state index in [1.807, 2.05) is 6.07 Å². The maximum absolute atomic E-state index is 12.4. The highest BCUT2D eigenvalue weighted by Gasteiger charge is 2.43. The molecule has 1 aromatic carbocycles. The number of nitrogens with one attached hydrogen (secondary N) is 1. The first-order chi connectivity index (χ1) is 9.47. The lowest BCUT2D eigenvalue weighted by atomic mass is 9.91. The molecular weight excluding hydrogens is 258 g/mol.